The van der Waals surface area contributed by atoms with Gasteiger partial charge in [-0.1, -0.05) is 60.7 Å². The van der Waals surface area contributed by atoms with Gasteiger partial charge >= 0.3 is 12.1 Å². The number of ether oxygens (including phenoxy) is 1. The van der Waals surface area contributed by atoms with Gasteiger partial charge < -0.3 is 19.3 Å². The normalized spacial score (nSPS) is 16.3. The number of carbonyl (C=O) groups excluding carboxylic acids is 1. The van der Waals surface area contributed by atoms with Gasteiger partial charge in [0.1, 0.15) is 6.61 Å². The van der Waals surface area contributed by atoms with Crippen molar-refractivity contribution in [3.05, 3.63) is 78.2 Å². The lowest BCUT2D eigenvalue weighted by molar-refractivity contribution is 0.0690. The lowest BCUT2D eigenvalue weighted by atomic mass is 10.0. The number of benzene rings is 2. The molecule has 1 aromatic heterocycles. The van der Waals surface area contributed by atoms with Crippen molar-refractivity contribution in [2.75, 3.05) is 13.1 Å². The molecule has 4 rings (SSSR count). The minimum atomic E-state index is -1.07. The van der Waals surface area contributed by atoms with E-state index in [1.54, 1.807) is 11.2 Å². The molecule has 1 saturated heterocycles. The molecule has 0 saturated carbocycles. The third-order valence-electron chi connectivity index (χ3n) is 5.30. The number of nitrogens with zero attached hydrogens (tertiary/aromatic N) is 3. The molecule has 7 heteroatoms. The maximum atomic E-state index is 12.6. The van der Waals surface area contributed by atoms with Gasteiger partial charge in [-0.25, -0.2) is 14.6 Å². The Morgan fingerprint density at radius 1 is 1.07 bits per heavy atom. The standard InChI is InChI=1S/C23H23N3O4/c27-22(28)20-21(18-10-5-2-6-11-18)26(16-24-20)19-12-7-13-25(14-19)23(29)30-15-17-8-3-1-4-9-17/h1-6,8-11,16,19H,7,12-15H2,(H,27,28). The van der Waals surface area contributed by atoms with Crippen molar-refractivity contribution in [2.45, 2.75) is 25.5 Å². The van der Waals surface area contributed by atoms with Crippen LogP contribution in [0.5, 0.6) is 0 Å². The summed E-state index contributed by atoms with van der Waals surface area (Å²) in [6.07, 6.45) is 2.84. The Labute approximate surface area is 174 Å². The highest BCUT2D eigenvalue weighted by atomic mass is 16.6. The maximum Gasteiger partial charge on any atom is 0.410 e. The number of aromatic carboxylic acids is 1. The number of imidazole rings is 1. The van der Waals surface area contributed by atoms with Gasteiger partial charge in [0.2, 0.25) is 0 Å². The predicted octanol–water partition coefficient (Wildman–Crippen LogP) is 4.22. The molecular weight excluding hydrogens is 382 g/mol. The number of carbonyl (C=O) groups is 2. The van der Waals surface area contributed by atoms with E-state index in [0.717, 1.165) is 24.0 Å². The van der Waals surface area contributed by atoms with Crippen LogP contribution in [0, 0.1) is 0 Å². The number of hydrogen-bond acceptors (Lipinski definition) is 4. The lowest BCUT2D eigenvalue weighted by Gasteiger charge is -2.33. The summed E-state index contributed by atoms with van der Waals surface area (Å²) >= 11 is 0. The molecule has 0 spiro atoms. The summed E-state index contributed by atoms with van der Waals surface area (Å²) in [5, 5.41) is 9.60. The fourth-order valence-electron chi connectivity index (χ4n) is 3.83. The van der Waals surface area contributed by atoms with Gasteiger partial charge in [0.15, 0.2) is 5.69 Å². The topological polar surface area (TPSA) is 84.7 Å². The van der Waals surface area contributed by atoms with E-state index in [9.17, 15) is 14.7 Å². The van der Waals surface area contributed by atoms with Gasteiger partial charge in [0.05, 0.1) is 18.1 Å². The van der Waals surface area contributed by atoms with Crippen LogP contribution < -0.4 is 0 Å². The molecule has 0 aliphatic carbocycles. The SMILES string of the molecule is O=C(O)c1ncn(C2CCCN(C(=O)OCc3ccccc3)C2)c1-c1ccccc1. The molecule has 1 atom stereocenters. The fourth-order valence-corrected chi connectivity index (χ4v) is 3.83. The number of amides is 1. The number of likely N-dealkylation sites (tertiary alicyclic amines) is 1. The fraction of sp³-hybridized carbons (Fsp3) is 0.261. The summed E-state index contributed by atoms with van der Waals surface area (Å²) in [6, 6.07) is 18.8. The van der Waals surface area contributed by atoms with Crippen LogP contribution in [-0.2, 0) is 11.3 Å². The largest absolute Gasteiger partial charge is 0.476 e. The molecule has 154 valence electrons. The van der Waals surface area contributed by atoms with Gasteiger partial charge in [-0.3, -0.25) is 0 Å². The Morgan fingerprint density at radius 2 is 1.77 bits per heavy atom. The Kier molecular flexibility index (Phi) is 5.79. The highest BCUT2D eigenvalue weighted by molar-refractivity contribution is 5.93. The summed E-state index contributed by atoms with van der Waals surface area (Å²) in [6.45, 7) is 1.29. The van der Waals surface area contributed by atoms with Crippen LogP contribution in [0.1, 0.15) is 34.9 Å². The van der Waals surface area contributed by atoms with E-state index in [1.807, 2.05) is 65.2 Å². The van der Waals surface area contributed by atoms with Crippen molar-refractivity contribution in [1.29, 1.82) is 0 Å². The molecule has 3 aromatic rings. The second-order valence-electron chi connectivity index (χ2n) is 7.30. The quantitative estimate of drug-likeness (QED) is 0.687. The Morgan fingerprint density at radius 3 is 2.47 bits per heavy atom. The zero-order chi connectivity index (χ0) is 20.9. The third kappa shape index (κ3) is 4.20. The van der Waals surface area contributed by atoms with Crippen LogP contribution in [0.2, 0.25) is 0 Å². The zero-order valence-corrected chi connectivity index (χ0v) is 16.5. The Bertz CT molecular complexity index is 1020. The molecule has 1 amide bonds. The smallest absolute Gasteiger partial charge is 0.410 e. The number of aromatic nitrogens is 2. The van der Waals surface area contributed by atoms with Gasteiger partial charge in [-0.05, 0) is 18.4 Å². The van der Waals surface area contributed by atoms with Crippen LogP contribution >= 0.6 is 0 Å². The molecular formula is C23H23N3O4. The Balaban J connectivity index is 1.52. The summed E-state index contributed by atoms with van der Waals surface area (Å²) in [7, 11) is 0. The first-order valence-electron chi connectivity index (χ1n) is 9.94. The molecule has 0 radical (unpaired) electrons. The maximum absolute atomic E-state index is 12.6. The molecule has 0 bridgehead atoms. The number of piperidine rings is 1. The van der Waals surface area contributed by atoms with E-state index in [2.05, 4.69) is 4.98 Å². The van der Waals surface area contributed by atoms with E-state index in [4.69, 9.17) is 4.74 Å². The highest BCUT2D eigenvalue weighted by Gasteiger charge is 2.29. The molecule has 1 N–H and O–H groups in total. The number of carboxylic acid groups (broad SMARTS) is 1. The van der Waals surface area contributed by atoms with Gasteiger partial charge in [0.25, 0.3) is 0 Å². The van der Waals surface area contributed by atoms with Crippen LogP contribution in [-0.4, -0.2) is 44.7 Å². The Hall–Kier alpha value is -3.61. The summed E-state index contributed by atoms with van der Waals surface area (Å²) in [4.78, 5) is 30.2. The lowest BCUT2D eigenvalue weighted by Crippen LogP contribution is -2.41. The second-order valence-corrected chi connectivity index (χ2v) is 7.30. The first kappa shape index (κ1) is 19.7. The summed E-state index contributed by atoms with van der Waals surface area (Å²) in [5.41, 5.74) is 2.31. The van der Waals surface area contributed by atoms with Gasteiger partial charge in [-0.15, -0.1) is 0 Å². The number of hydrogen-bond donors (Lipinski definition) is 1. The average Bonchev–Trinajstić information content (AvgIpc) is 3.24. The minimum Gasteiger partial charge on any atom is -0.476 e. The van der Waals surface area contributed by atoms with E-state index in [0.29, 0.717) is 18.8 Å². The molecule has 30 heavy (non-hydrogen) atoms. The minimum absolute atomic E-state index is 0.0185. The molecule has 7 nitrogen and oxygen atoms in total. The van der Waals surface area contributed by atoms with Crippen molar-refractivity contribution in [1.82, 2.24) is 14.5 Å². The van der Waals surface area contributed by atoms with Crippen LogP contribution in [0.4, 0.5) is 4.79 Å². The number of carboxylic acids is 1. The van der Waals surface area contributed by atoms with E-state index in [1.165, 1.54) is 0 Å². The van der Waals surface area contributed by atoms with Crippen molar-refractivity contribution < 1.29 is 19.4 Å². The van der Waals surface area contributed by atoms with Crippen molar-refractivity contribution in [3.63, 3.8) is 0 Å². The monoisotopic (exact) mass is 405 g/mol. The van der Waals surface area contributed by atoms with E-state index in [-0.39, 0.29) is 24.4 Å². The molecule has 1 aliphatic rings. The molecule has 2 aromatic carbocycles. The van der Waals surface area contributed by atoms with Crippen LogP contribution in [0.25, 0.3) is 11.3 Å². The highest BCUT2D eigenvalue weighted by Crippen LogP contribution is 2.31. The molecule has 1 fully saturated rings. The summed E-state index contributed by atoms with van der Waals surface area (Å²) in [5.74, 6) is -1.07. The molecule has 2 heterocycles. The predicted molar refractivity (Wildman–Crippen MR) is 111 cm³/mol. The van der Waals surface area contributed by atoms with Gasteiger partial charge in [0, 0.05) is 18.7 Å². The van der Waals surface area contributed by atoms with Crippen molar-refractivity contribution in [2.24, 2.45) is 0 Å². The van der Waals surface area contributed by atoms with Crippen molar-refractivity contribution in [3.8, 4) is 11.3 Å². The summed E-state index contributed by atoms with van der Waals surface area (Å²) < 4.78 is 7.36. The van der Waals surface area contributed by atoms with Crippen molar-refractivity contribution >= 4 is 12.1 Å². The second kappa shape index (κ2) is 8.82. The molecule has 1 aliphatic heterocycles. The zero-order valence-electron chi connectivity index (χ0n) is 16.5. The van der Waals surface area contributed by atoms with Gasteiger partial charge in [-0.2, -0.15) is 0 Å². The van der Waals surface area contributed by atoms with E-state index < -0.39 is 5.97 Å². The first-order valence-corrected chi connectivity index (χ1v) is 9.94. The van der Waals surface area contributed by atoms with E-state index >= 15 is 0 Å². The third-order valence-corrected chi connectivity index (χ3v) is 5.30. The molecule has 1 unspecified atom stereocenters. The number of rotatable bonds is 5. The first-order chi connectivity index (χ1) is 14.6. The van der Waals surface area contributed by atoms with Crippen LogP contribution in [0.15, 0.2) is 67.0 Å². The van der Waals surface area contributed by atoms with Crippen LogP contribution in [0.3, 0.4) is 0 Å². The average molecular weight is 405 g/mol.